The van der Waals surface area contributed by atoms with Gasteiger partial charge in [-0.3, -0.25) is 0 Å². The van der Waals surface area contributed by atoms with Gasteiger partial charge in [-0.25, -0.2) is 9.97 Å². The summed E-state index contributed by atoms with van der Waals surface area (Å²) in [5.41, 5.74) is 11.5. The molecule has 0 bridgehead atoms. The molecule has 9 rings (SSSR count). The summed E-state index contributed by atoms with van der Waals surface area (Å²) in [4.78, 5) is 11.6. The summed E-state index contributed by atoms with van der Waals surface area (Å²) in [5.74, 6) is 0. The maximum Gasteiger partial charge on any atom is 0.177 e. The standard InChI is InChI=1S/C41H25N5/c1-41(2)31-14-5-7-16-36(31)46(37-17-8-6-15-32(37)41)35-21-20-25(24-10-3-4-11-27(24)35)26-18-19-30-38-28(26)12-9-13-29(38)39-40(30)45-34(23-43)33(22-42)44-39/h3-21H,1-2H3. The van der Waals surface area contributed by atoms with E-state index in [9.17, 15) is 10.5 Å². The SMILES string of the molecule is CC1(C)c2ccccc2N(c2ccc(-c3ccc4c5c(cccc35)-c3nc(C#N)c(C#N)nc3-4)c3ccccc23)c2ccccc21. The van der Waals surface area contributed by atoms with Crippen LogP contribution < -0.4 is 4.90 Å². The lowest BCUT2D eigenvalue weighted by Gasteiger charge is -2.42. The Kier molecular flexibility index (Phi) is 5.31. The zero-order valence-electron chi connectivity index (χ0n) is 25.2. The first-order valence-corrected chi connectivity index (χ1v) is 15.3. The number of para-hydroxylation sites is 2. The van der Waals surface area contributed by atoms with Gasteiger partial charge >= 0.3 is 0 Å². The smallest absolute Gasteiger partial charge is 0.177 e. The molecule has 0 fully saturated rings. The van der Waals surface area contributed by atoms with Crippen LogP contribution in [0.5, 0.6) is 0 Å². The number of rotatable bonds is 2. The van der Waals surface area contributed by atoms with Gasteiger partial charge in [-0.15, -0.1) is 0 Å². The molecule has 2 aliphatic rings. The first kappa shape index (κ1) is 26.1. The van der Waals surface area contributed by atoms with Crippen molar-refractivity contribution < 1.29 is 0 Å². The summed E-state index contributed by atoms with van der Waals surface area (Å²) in [6.45, 7) is 4.62. The Hall–Kier alpha value is -6.30. The Morgan fingerprint density at radius 2 is 1.00 bits per heavy atom. The molecule has 0 atom stereocenters. The minimum absolute atomic E-state index is 0.0529. The van der Waals surface area contributed by atoms with Gasteiger partial charge in [-0.05, 0) is 51.2 Å². The molecule has 6 aromatic carbocycles. The molecule has 5 heteroatoms. The summed E-state index contributed by atoms with van der Waals surface area (Å²) in [6.07, 6.45) is 0. The van der Waals surface area contributed by atoms with E-state index in [0.29, 0.717) is 11.4 Å². The third-order valence-corrected chi connectivity index (χ3v) is 9.73. The van der Waals surface area contributed by atoms with Gasteiger partial charge < -0.3 is 4.90 Å². The molecule has 0 saturated heterocycles. The summed E-state index contributed by atoms with van der Waals surface area (Å²) in [6, 6.07) is 45.1. The number of nitrogens with zero attached hydrogens (tertiary/aromatic N) is 5. The number of fused-ring (bicyclic) bond motifs is 6. The van der Waals surface area contributed by atoms with Gasteiger partial charge in [0.2, 0.25) is 0 Å². The molecule has 0 N–H and O–H groups in total. The first-order valence-electron chi connectivity index (χ1n) is 15.3. The highest BCUT2D eigenvalue weighted by molar-refractivity contribution is 6.19. The molecule has 46 heavy (non-hydrogen) atoms. The minimum Gasteiger partial charge on any atom is -0.309 e. The fraction of sp³-hybridized carbons (Fsp3) is 0.0732. The Bertz CT molecular complexity index is 2450. The topological polar surface area (TPSA) is 76.6 Å². The summed E-state index contributed by atoms with van der Waals surface area (Å²) in [7, 11) is 0. The molecule has 1 aromatic heterocycles. The van der Waals surface area contributed by atoms with Crippen LogP contribution in [0, 0.1) is 22.7 Å². The lowest BCUT2D eigenvalue weighted by Crippen LogP contribution is -2.30. The van der Waals surface area contributed by atoms with E-state index >= 15 is 0 Å². The van der Waals surface area contributed by atoms with Crippen molar-refractivity contribution in [3.05, 3.63) is 138 Å². The molecule has 0 saturated carbocycles. The van der Waals surface area contributed by atoms with Crippen LogP contribution in [0.25, 0.3) is 55.2 Å². The Labute approximate surface area is 266 Å². The highest BCUT2D eigenvalue weighted by atomic mass is 15.2. The molecule has 7 aromatic rings. The second kappa shape index (κ2) is 9.35. The summed E-state index contributed by atoms with van der Waals surface area (Å²) < 4.78 is 0. The first-order chi connectivity index (χ1) is 22.5. The Morgan fingerprint density at radius 1 is 0.500 bits per heavy atom. The quantitative estimate of drug-likeness (QED) is 0.201. The van der Waals surface area contributed by atoms with Crippen molar-refractivity contribution in [3.8, 4) is 45.8 Å². The Morgan fingerprint density at radius 3 is 1.65 bits per heavy atom. The van der Waals surface area contributed by atoms with Crippen molar-refractivity contribution in [3.63, 3.8) is 0 Å². The molecule has 2 heterocycles. The molecular weight excluding hydrogens is 562 g/mol. The van der Waals surface area contributed by atoms with E-state index in [2.05, 4.69) is 132 Å². The number of hydrogen-bond donors (Lipinski definition) is 0. The molecule has 0 spiro atoms. The average molecular weight is 588 g/mol. The normalized spacial score (nSPS) is 13.5. The van der Waals surface area contributed by atoms with Crippen LogP contribution >= 0.6 is 0 Å². The van der Waals surface area contributed by atoms with Crippen molar-refractivity contribution in [2.75, 3.05) is 4.90 Å². The van der Waals surface area contributed by atoms with E-state index in [0.717, 1.165) is 49.5 Å². The molecule has 0 radical (unpaired) electrons. The molecule has 0 unspecified atom stereocenters. The van der Waals surface area contributed by atoms with Crippen LogP contribution in [0.4, 0.5) is 17.1 Å². The molecule has 5 nitrogen and oxygen atoms in total. The summed E-state index contributed by atoms with van der Waals surface area (Å²) in [5, 5.41) is 23.7. The number of hydrogen-bond acceptors (Lipinski definition) is 5. The van der Waals surface area contributed by atoms with E-state index < -0.39 is 0 Å². The third-order valence-electron chi connectivity index (χ3n) is 9.73. The average Bonchev–Trinajstić information content (AvgIpc) is 3.42. The van der Waals surface area contributed by atoms with E-state index in [1.54, 1.807) is 0 Å². The van der Waals surface area contributed by atoms with Gasteiger partial charge in [0.1, 0.15) is 12.1 Å². The molecule has 214 valence electrons. The van der Waals surface area contributed by atoms with E-state index in [4.69, 9.17) is 0 Å². The molecule has 1 aliphatic heterocycles. The fourth-order valence-corrected chi connectivity index (χ4v) is 7.64. The monoisotopic (exact) mass is 587 g/mol. The van der Waals surface area contributed by atoms with Crippen LogP contribution in [0.15, 0.2) is 115 Å². The maximum atomic E-state index is 9.63. The fourth-order valence-electron chi connectivity index (χ4n) is 7.64. The van der Waals surface area contributed by atoms with Crippen LogP contribution in [-0.2, 0) is 5.41 Å². The lowest BCUT2D eigenvalue weighted by atomic mass is 9.73. The highest BCUT2D eigenvalue weighted by Crippen LogP contribution is 2.54. The second-order valence-electron chi connectivity index (χ2n) is 12.4. The van der Waals surface area contributed by atoms with Crippen molar-refractivity contribution >= 4 is 38.6 Å². The molecule has 1 aliphatic carbocycles. The zero-order chi connectivity index (χ0) is 31.2. The van der Waals surface area contributed by atoms with Gasteiger partial charge in [0.05, 0.1) is 28.5 Å². The minimum atomic E-state index is -0.132. The number of anilines is 3. The van der Waals surface area contributed by atoms with Crippen LogP contribution in [0.1, 0.15) is 36.4 Å². The van der Waals surface area contributed by atoms with E-state index in [-0.39, 0.29) is 16.8 Å². The highest BCUT2D eigenvalue weighted by Gasteiger charge is 2.37. The van der Waals surface area contributed by atoms with Crippen LogP contribution in [0.2, 0.25) is 0 Å². The number of benzene rings is 6. The summed E-state index contributed by atoms with van der Waals surface area (Å²) >= 11 is 0. The number of nitriles is 2. The van der Waals surface area contributed by atoms with E-state index in [1.807, 2.05) is 24.3 Å². The van der Waals surface area contributed by atoms with Crippen molar-refractivity contribution in [1.29, 1.82) is 10.5 Å². The zero-order valence-corrected chi connectivity index (χ0v) is 25.2. The van der Waals surface area contributed by atoms with Gasteiger partial charge in [-0.1, -0.05) is 111 Å². The lowest BCUT2D eigenvalue weighted by molar-refractivity contribution is 0.632. The second-order valence-corrected chi connectivity index (χ2v) is 12.4. The van der Waals surface area contributed by atoms with E-state index in [1.165, 1.54) is 22.5 Å². The maximum absolute atomic E-state index is 9.63. The van der Waals surface area contributed by atoms with Gasteiger partial charge in [-0.2, -0.15) is 10.5 Å². The molecular formula is C41H25N5. The van der Waals surface area contributed by atoms with Gasteiger partial charge in [0, 0.05) is 27.3 Å². The van der Waals surface area contributed by atoms with Crippen molar-refractivity contribution in [2.24, 2.45) is 0 Å². The largest absolute Gasteiger partial charge is 0.309 e. The van der Waals surface area contributed by atoms with Gasteiger partial charge in [0.25, 0.3) is 0 Å². The van der Waals surface area contributed by atoms with Gasteiger partial charge in [0.15, 0.2) is 11.4 Å². The van der Waals surface area contributed by atoms with Crippen LogP contribution in [-0.4, -0.2) is 9.97 Å². The van der Waals surface area contributed by atoms with Crippen molar-refractivity contribution in [1.82, 2.24) is 9.97 Å². The third kappa shape index (κ3) is 3.37. The number of aromatic nitrogens is 2. The Balaban J connectivity index is 1.28. The van der Waals surface area contributed by atoms with Crippen LogP contribution in [0.3, 0.4) is 0 Å². The predicted molar refractivity (Wildman–Crippen MR) is 183 cm³/mol. The predicted octanol–water partition coefficient (Wildman–Crippen LogP) is 9.95. The van der Waals surface area contributed by atoms with Crippen molar-refractivity contribution in [2.45, 2.75) is 19.3 Å². The molecule has 0 amide bonds.